The molecule has 0 aliphatic rings. The van der Waals surface area contributed by atoms with Crippen molar-refractivity contribution in [3.8, 4) is 27.9 Å². The molecule has 2 aromatic heterocycles. The van der Waals surface area contributed by atoms with Gasteiger partial charge in [0, 0.05) is 38.6 Å². The van der Waals surface area contributed by atoms with Crippen LogP contribution in [0.2, 0.25) is 0 Å². The summed E-state index contributed by atoms with van der Waals surface area (Å²) in [6.07, 6.45) is 0. The van der Waals surface area contributed by atoms with Gasteiger partial charge in [-0.15, -0.1) is 0 Å². The van der Waals surface area contributed by atoms with Gasteiger partial charge in [-0.2, -0.15) is 0 Å². The van der Waals surface area contributed by atoms with Crippen LogP contribution in [0, 0.1) is 0 Å². The lowest BCUT2D eigenvalue weighted by Crippen LogP contribution is -2.10. The van der Waals surface area contributed by atoms with Crippen LogP contribution in [-0.2, 0) is 0 Å². The van der Waals surface area contributed by atoms with Crippen LogP contribution in [0.1, 0.15) is 0 Å². The molecule has 0 bridgehead atoms. The van der Waals surface area contributed by atoms with Crippen molar-refractivity contribution in [3.63, 3.8) is 0 Å². The Balaban J connectivity index is 1.12. The van der Waals surface area contributed by atoms with E-state index in [0.29, 0.717) is 0 Å². The highest BCUT2D eigenvalue weighted by molar-refractivity contribution is 6.19. The number of rotatable bonds is 6. The smallest absolute Gasteiger partial charge is 0.143 e. The number of nitrogens with zero attached hydrogens (tertiary/aromatic N) is 2. The summed E-state index contributed by atoms with van der Waals surface area (Å²) in [7, 11) is 0. The van der Waals surface area contributed by atoms with E-state index in [9.17, 15) is 0 Å². The van der Waals surface area contributed by atoms with Gasteiger partial charge in [-0.3, -0.25) is 0 Å². The van der Waals surface area contributed by atoms with E-state index < -0.39 is 0 Å². The van der Waals surface area contributed by atoms with Crippen LogP contribution >= 0.6 is 0 Å². The van der Waals surface area contributed by atoms with Gasteiger partial charge in [-0.05, 0) is 100 Å². The number of furan rings is 1. The van der Waals surface area contributed by atoms with Crippen LogP contribution in [0.5, 0.6) is 0 Å². The highest BCUT2D eigenvalue weighted by Crippen LogP contribution is 2.46. The van der Waals surface area contributed by atoms with E-state index in [1.165, 1.54) is 38.3 Å². The number of para-hydroxylation sites is 2. The third-order valence-electron chi connectivity index (χ3n) is 10.9. The Labute approximate surface area is 318 Å². The van der Waals surface area contributed by atoms with Gasteiger partial charge in [-0.25, -0.2) is 0 Å². The molecule has 0 N–H and O–H groups in total. The molecule has 55 heavy (non-hydrogen) atoms. The molecule has 0 fully saturated rings. The fourth-order valence-electron chi connectivity index (χ4n) is 8.44. The van der Waals surface area contributed by atoms with E-state index in [2.05, 4.69) is 216 Å². The average molecular weight is 703 g/mol. The number of hydrogen-bond acceptors (Lipinski definition) is 2. The van der Waals surface area contributed by atoms with Gasteiger partial charge in [0.2, 0.25) is 0 Å². The van der Waals surface area contributed by atoms with E-state index in [4.69, 9.17) is 4.42 Å². The maximum atomic E-state index is 6.70. The van der Waals surface area contributed by atoms with Crippen LogP contribution in [0.3, 0.4) is 0 Å². The molecular weight excluding hydrogens is 669 g/mol. The minimum Gasteiger partial charge on any atom is -0.455 e. The Hall–Kier alpha value is -7.36. The predicted molar refractivity (Wildman–Crippen MR) is 231 cm³/mol. The first-order chi connectivity index (χ1) is 27.3. The normalized spacial score (nSPS) is 11.6. The maximum absolute atomic E-state index is 6.70. The summed E-state index contributed by atoms with van der Waals surface area (Å²) in [6.45, 7) is 0. The second-order valence-corrected chi connectivity index (χ2v) is 14.1. The first-order valence-corrected chi connectivity index (χ1v) is 18.8. The lowest BCUT2D eigenvalue weighted by atomic mass is 10.00. The summed E-state index contributed by atoms with van der Waals surface area (Å²) in [5.41, 5.74) is 13.2. The summed E-state index contributed by atoms with van der Waals surface area (Å²) in [6, 6.07) is 73.9. The van der Waals surface area contributed by atoms with Crippen molar-refractivity contribution in [3.05, 3.63) is 206 Å². The van der Waals surface area contributed by atoms with Crippen molar-refractivity contribution < 1.29 is 4.42 Å². The molecule has 0 spiro atoms. The molecule has 11 rings (SSSR count). The fraction of sp³-hybridized carbons (Fsp3) is 0. The largest absolute Gasteiger partial charge is 0.455 e. The Morgan fingerprint density at radius 3 is 1.80 bits per heavy atom. The van der Waals surface area contributed by atoms with Crippen LogP contribution < -0.4 is 4.90 Å². The number of fused-ring (bicyclic) bond motifs is 8. The summed E-state index contributed by atoms with van der Waals surface area (Å²) in [5, 5.41) is 6.95. The van der Waals surface area contributed by atoms with Gasteiger partial charge in [0.25, 0.3) is 0 Å². The zero-order valence-electron chi connectivity index (χ0n) is 29.9. The van der Waals surface area contributed by atoms with Crippen LogP contribution in [0.4, 0.5) is 17.1 Å². The number of anilines is 3. The van der Waals surface area contributed by atoms with Crippen molar-refractivity contribution in [2.24, 2.45) is 0 Å². The third-order valence-corrected chi connectivity index (χ3v) is 10.9. The Kier molecular flexibility index (Phi) is 7.17. The van der Waals surface area contributed by atoms with E-state index >= 15 is 0 Å². The molecule has 0 atom stereocenters. The van der Waals surface area contributed by atoms with E-state index in [1.807, 2.05) is 0 Å². The molecule has 258 valence electrons. The standard InChI is InChI=1S/C52H34N2O/c1-3-14-35(15-4-1)37-17-11-21-41(32-37)53(49-26-13-27-50-51(49)45-30-28-36-16-7-8-23-43(36)52(45)55-50)42-22-12-18-38(33-42)39-29-31-48-46(34-39)44-24-9-10-25-47(44)54(48)40-19-5-2-6-20-40/h1-34H. The lowest BCUT2D eigenvalue weighted by Gasteiger charge is -2.27. The number of aromatic nitrogens is 1. The second kappa shape index (κ2) is 12.6. The summed E-state index contributed by atoms with van der Waals surface area (Å²) >= 11 is 0. The molecule has 11 aromatic rings. The first kappa shape index (κ1) is 31.2. The summed E-state index contributed by atoms with van der Waals surface area (Å²) in [4.78, 5) is 2.39. The highest BCUT2D eigenvalue weighted by Gasteiger charge is 2.21. The maximum Gasteiger partial charge on any atom is 0.143 e. The monoisotopic (exact) mass is 702 g/mol. The molecule has 9 aromatic carbocycles. The Bertz CT molecular complexity index is 3210. The summed E-state index contributed by atoms with van der Waals surface area (Å²) in [5.74, 6) is 0. The third kappa shape index (κ3) is 5.13. The number of hydrogen-bond donors (Lipinski definition) is 0. The van der Waals surface area contributed by atoms with Crippen molar-refractivity contribution in [2.75, 3.05) is 4.90 Å². The van der Waals surface area contributed by atoms with Gasteiger partial charge in [0.15, 0.2) is 0 Å². The predicted octanol–water partition coefficient (Wildman–Crippen LogP) is 14.6. The molecule has 0 unspecified atom stereocenters. The van der Waals surface area contributed by atoms with Gasteiger partial charge in [0.1, 0.15) is 11.2 Å². The zero-order chi connectivity index (χ0) is 36.3. The zero-order valence-corrected chi connectivity index (χ0v) is 29.9. The van der Waals surface area contributed by atoms with Crippen LogP contribution in [0.15, 0.2) is 211 Å². The Morgan fingerprint density at radius 2 is 1.00 bits per heavy atom. The topological polar surface area (TPSA) is 21.3 Å². The quantitative estimate of drug-likeness (QED) is 0.172. The van der Waals surface area contributed by atoms with Crippen molar-refractivity contribution in [1.29, 1.82) is 0 Å². The van der Waals surface area contributed by atoms with E-state index in [1.54, 1.807) is 0 Å². The van der Waals surface area contributed by atoms with E-state index in [0.717, 1.165) is 61.2 Å². The average Bonchev–Trinajstić information content (AvgIpc) is 3.81. The minimum atomic E-state index is 0.865. The van der Waals surface area contributed by atoms with Crippen LogP contribution in [-0.4, -0.2) is 4.57 Å². The van der Waals surface area contributed by atoms with Crippen molar-refractivity contribution in [2.45, 2.75) is 0 Å². The fourth-order valence-corrected chi connectivity index (χ4v) is 8.44. The molecule has 0 radical (unpaired) electrons. The Morgan fingerprint density at radius 1 is 0.382 bits per heavy atom. The molecule has 0 aliphatic heterocycles. The SMILES string of the molecule is c1ccc(-c2cccc(N(c3cccc(-c4ccc5c(c4)c4ccccc4n5-c4ccccc4)c3)c3cccc4oc5c6ccccc6ccc5c34)c2)cc1. The highest BCUT2D eigenvalue weighted by atomic mass is 16.3. The van der Waals surface area contributed by atoms with Gasteiger partial charge in [-0.1, -0.05) is 133 Å². The molecule has 0 aliphatic carbocycles. The minimum absolute atomic E-state index is 0.865. The first-order valence-electron chi connectivity index (χ1n) is 18.8. The molecule has 0 amide bonds. The van der Waals surface area contributed by atoms with Gasteiger partial charge < -0.3 is 13.9 Å². The molecule has 2 heterocycles. The van der Waals surface area contributed by atoms with Crippen LogP contribution in [0.25, 0.3) is 82.5 Å². The summed E-state index contributed by atoms with van der Waals surface area (Å²) < 4.78 is 9.06. The molecule has 0 saturated heterocycles. The van der Waals surface area contributed by atoms with Crippen molar-refractivity contribution >= 4 is 71.6 Å². The molecule has 0 saturated carbocycles. The molecule has 3 heteroatoms. The second-order valence-electron chi connectivity index (χ2n) is 14.1. The number of benzene rings is 9. The van der Waals surface area contributed by atoms with Gasteiger partial charge >= 0.3 is 0 Å². The van der Waals surface area contributed by atoms with Gasteiger partial charge in [0.05, 0.1) is 22.1 Å². The molecule has 3 nitrogen and oxygen atoms in total. The molecular formula is C52H34N2O. The lowest BCUT2D eigenvalue weighted by molar-refractivity contribution is 0.672. The van der Waals surface area contributed by atoms with Crippen molar-refractivity contribution in [1.82, 2.24) is 4.57 Å². The van der Waals surface area contributed by atoms with E-state index in [-0.39, 0.29) is 0 Å².